The summed E-state index contributed by atoms with van der Waals surface area (Å²) in [6, 6.07) is 15.5. The van der Waals surface area contributed by atoms with E-state index in [-0.39, 0.29) is 12.5 Å². The van der Waals surface area contributed by atoms with Gasteiger partial charge in [0.25, 0.3) is 5.91 Å². The van der Waals surface area contributed by atoms with Gasteiger partial charge in [0.05, 0.1) is 25.1 Å². The number of anilines is 1. The fraction of sp³-hybridized carbons (Fsp3) is 0.263. The quantitative estimate of drug-likeness (QED) is 0.606. The molecule has 0 fully saturated rings. The van der Waals surface area contributed by atoms with Crippen LogP contribution in [-0.4, -0.2) is 25.3 Å². The molecular formula is C19H23N3O2. The number of nitrogens with one attached hydrogen (secondary N) is 2. The van der Waals surface area contributed by atoms with Crippen molar-refractivity contribution in [2.24, 2.45) is 5.10 Å². The fourth-order valence-corrected chi connectivity index (χ4v) is 2.23. The van der Waals surface area contributed by atoms with Gasteiger partial charge in [-0.2, -0.15) is 5.10 Å². The SMILES string of the molecule is CC/C(=N/NC(=O)CNc1ccccc1OC)c1ccc(C)cc1. The Balaban J connectivity index is 1.94. The van der Waals surface area contributed by atoms with Crippen molar-refractivity contribution in [3.63, 3.8) is 0 Å². The molecule has 24 heavy (non-hydrogen) atoms. The van der Waals surface area contributed by atoms with Gasteiger partial charge in [0.15, 0.2) is 0 Å². The number of benzene rings is 2. The third-order valence-corrected chi connectivity index (χ3v) is 3.58. The lowest BCUT2D eigenvalue weighted by Gasteiger charge is -2.10. The van der Waals surface area contributed by atoms with Gasteiger partial charge in [-0.15, -0.1) is 0 Å². The number of nitrogens with zero attached hydrogens (tertiary/aromatic N) is 1. The summed E-state index contributed by atoms with van der Waals surface area (Å²) >= 11 is 0. The minimum atomic E-state index is -0.209. The lowest BCUT2D eigenvalue weighted by Crippen LogP contribution is -2.27. The average Bonchev–Trinajstić information content (AvgIpc) is 2.62. The average molecular weight is 325 g/mol. The summed E-state index contributed by atoms with van der Waals surface area (Å²) in [7, 11) is 1.60. The minimum Gasteiger partial charge on any atom is -0.495 e. The molecule has 0 aliphatic rings. The van der Waals surface area contributed by atoms with Gasteiger partial charge < -0.3 is 10.1 Å². The molecule has 5 nitrogen and oxygen atoms in total. The summed E-state index contributed by atoms with van der Waals surface area (Å²) in [4.78, 5) is 12.0. The Hall–Kier alpha value is -2.82. The standard InChI is InChI=1S/C19H23N3O2/c1-4-16(15-11-9-14(2)10-12-15)21-22-19(23)13-20-17-7-5-6-8-18(17)24-3/h5-12,20H,4,13H2,1-3H3,(H,22,23)/b21-16-. The molecule has 126 valence electrons. The third kappa shape index (κ3) is 4.84. The molecule has 2 N–H and O–H groups in total. The largest absolute Gasteiger partial charge is 0.495 e. The van der Waals surface area contributed by atoms with E-state index < -0.39 is 0 Å². The summed E-state index contributed by atoms with van der Waals surface area (Å²) < 4.78 is 5.24. The molecule has 0 aromatic heterocycles. The normalized spacial score (nSPS) is 11.0. The zero-order chi connectivity index (χ0) is 17.4. The van der Waals surface area contributed by atoms with Crippen LogP contribution in [0, 0.1) is 6.92 Å². The molecule has 0 spiro atoms. The molecule has 0 aliphatic carbocycles. The maximum atomic E-state index is 12.0. The Morgan fingerprint density at radius 2 is 1.83 bits per heavy atom. The van der Waals surface area contributed by atoms with E-state index in [1.165, 1.54) is 5.56 Å². The second kappa shape index (κ2) is 8.72. The second-order valence-electron chi connectivity index (χ2n) is 5.37. The minimum absolute atomic E-state index is 0.120. The van der Waals surface area contributed by atoms with Gasteiger partial charge in [0, 0.05) is 0 Å². The second-order valence-corrected chi connectivity index (χ2v) is 5.37. The zero-order valence-electron chi connectivity index (χ0n) is 14.3. The first kappa shape index (κ1) is 17.5. The van der Waals surface area contributed by atoms with Crippen LogP contribution in [0.3, 0.4) is 0 Å². The lowest BCUT2D eigenvalue weighted by atomic mass is 10.1. The fourth-order valence-electron chi connectivity index (χ4n) is 2.23. The molecule has 1 amide bonds. The summed E-state index contributed by atoms with van der Waals surface area (Å²) in [6.07, 6.45) is 0.739. The number of para-hydroxylation sites is 2. The predicted molar refractivity (Wildman–Crippen MR) is 97.6 cm³/mol. The van der Waals surface area contributed by atoms with Crippen molar-refractivity contribution in [1.29, 1.82) is 0 Å². The Kier molecular flexibility index (Phi) is 6.37. The molecule has 0 unspecified atom stereocenters. The van der Waals surface area contributed by atoms with Crippen LogP contribution >= 0.6 is 0 Å². The number of aryl methyl sites for hydroxylation is 1. The van der Waals surface area contributed by atoms with Crippen molar-refractivity contribution in [1.82, 2.24) is 5.43 Å². The van der Waals surface area contributed by atoms with Crippen molar-refractivity contribution in [2.75, 3.05) is 19.0 Å². The van der Waals surface area contributed by atoms with Gasteiger partial charge in [0.2, 0.25) is 0 Å². The third-order valence-electron chi connectivity index (χ3n) is 3.58. The first-order chi connectivity index (χ1) is 11.6. The molecule has 0 radical (unpaired) electrons. The molecule has 2 rings (SSSR count). The van der Waals surface area contributed by atoms with Crippen molar-refractivity contribution in [3.05, 3.63) is 59.7 Å². The van der Waals surface area contributed by atoms with Gasteiger partial charge in [-0.25, -0.2) is 5.43 Å². The van der Waals surface area contributed by atoms with E-state index in [0.717, 1.165) is 23.4 Å². The number of hydrogen-bond acceptors (Lipinski definition) is 4. The van der Waals surface area contributed by atoms with Gasteiger partial charge >= 0.3 is 0 Å². The number of amides is 1. The van der Waals surface area contributed by atoms with Crippen LogP contribution in [0.2, 0.25) is 0 Å². The highest BCUT2D eigenvalue weighted by Gasteiger charge is 2.06. The number of hydrazone groups is 1. The van der Waals surface area contributed by atoms with Crippen LogP contribution in [0.1, 0.15) is 24.5 Å². The monoisotopic (exact) mass is 325 g/mol. The van der Waals surface area contributed by atoms with Gasteiger partial charge in [-0.3, -0.25) is 4.79 Å². The van der Waals surface area contributed by atoms with E-state index in [9.17, 15) is 4.79 Å². The van der Waals surface area contributed by atoms with E-state index in [0.29, 0.717) is 5.75 Å². The number of hydrogen-bond donors (Lipinski definition) is 2. The number of carbonyl (C=O) groups is 1. The first-order valence-corrected chi connectivity index (χ1v) is 7.93. The smallest absolute Gasteiger partial charge is 0.259 e. The summed E-state index contributed by atoms with van der Waals surface area (Å²) in [5.74, 6) is 0.488. The summed E-state index contributed by atoms with van der Waals surface area (Å²) in [5, 5.41) is 7.29. The van der Waals surface area contributed by atoms with Crippen LogP contribution < -0.4 is 15.5 Å². The maximum absolute atomic E-state index is 12.0. The van der Waals surface area contributed by atoms with Gasteiger partial charge in [-0.05, 0) is 31.0 Å². The Labute approximate surface area is 142 Å². The highest BCUT2D eigenvalue weighted by atomic mass is 16.5. The first-order valence-electron chi connectivity index (χ1n) is 7.93. The lowest BCUT2D eigenvalue weighted by molar-refractivity contribution is -0.119. The topological polar surface area (TPSA) is 62.7 Å². The number of ether oxygens (including phenoxy) is 1. The van der Waals surface area contributed by atoms with E-state index >= 15 is 0 Å². The van der Waals surface area contributed by atoms with Crippen molar-refractivity contribution in [2.45, 2.75) is 20.3 Å². The molecular weight excluding hydrogens is 302 g/mol. The predicted octanol–water partition coefficient (Wildman–Crippen LogP) is 3.35. The summed E-state index contributed by atoms with van der Waals surface area (Å²) in [5.41, 5.74) is 6.43. The molecule has 0 saturated heterocycles. The molecule has 2 aromatic carbocycles. The van der Waals surface area contributed by atoms with Gasteiger partial charge in [0.1, 0.15) is 5.75 Å². The molecule has 0 atom stereocenters. The molecule has 0 bridgehead atoms. The van der Waals surface area contributed by atoms with Crippen LogP contribution in [0.25, 0.3) is 0 Å². The number of carbonyl (C=O) groups excluding carboxylic acids is 1. The van der Waals surface area contributed by atoms with Crippen LogP contribution in [0.5, 0.6) is 5.75 Å². The van der Waals surface area contributed by atoms with Crippen molar-refractivity contribution < 1.29 is 9.53 Å². The molecule has 5 heteroatoms. The maximum Gasteiger partial charge on any atom is 0.259 e. The Morgan fingerprint density at radius 1 is 1.12 bits per heavy atom. The van der Waals surface area contributed by atoms with E-state index in [2.05, 4.69) is 15.8 Å². The van der Waals surface area contributed by atoms with Crippen LogP contribution in [-0.2, 0) is 4.79 Å². The van der Waals surface area contributed by atoms with Gasteiger partial charge in [-0.1, -0.05) is 48.9 Å². The molecule has 0 aliphatic heterocycles. The number of methoxy groups -OCH3 is 1. The Morgan fingerprint density at radius 3 is 2.50 bits per heavy atom. The van der Waals surface area contributed by atoms with E-state index in [1.54, 1.807) is 7.11 Å². The van der Waals surface area contributed by atoms with Crippen LogP contribution in [0.4, 0.5) is 5.69 Å². The zero-order valence-corrected chi connectivity index (χ0v) is 14.3. The highest BCUT2D eigenvalue weighted by Crippen LogP contribution is 2.22. The highest BCUT2D eigenvalue weighted by molar-refractivity contribution is 6.01. The van der Waals surface area contributed by atoms with E-state index in [4.69, 9.17) is 4.74 Å². The van der Waals surface area contributed by atoms with Crippen LogP contribution in [0.15, 0.2) is 53.6 Å². The van der Waals surface area contributed by atoms with Crippen molar-refractivity contribution >= 4 is 17.3 Å². The molecule has 2 aromatic rings. The van der Waals surface area contributed by atoms with E-state index in [1.807, 2.05) is 62.4 Å². The molecule has 0 saturated carbocycles. The molecule has 0 heterocycles. The Bertz CT molecular complexity index is 709. The van der Waals surface area contributed by atoms with Crippen molar-refractivity contribution in [3.8, 4) is 5.75 Å². The summed E-state index contributed by atoms with van der Waals surface area (Å²) in [6.45, 7) is 4.17. The number of rotatable bonds is 7.